The average molecular weight is 504 g/mol. The van der Waals surface area contributed by atoms with Gasteiger partial charge in [0.15, 0.2) is 5.65 Å². The zero-order chi connectivity index (χ0) is 21.7. The molecule has 3 aliphatic carbocycles. The monoisotopic (exact) mass is 503 g/mol. The number of nitrogens with two attached hydrogens (primary N) is 1. The first-order chi connectivity index (χ1) is 15.6. The fourth-order valence-corrected chi connectivity index (χ4v) is 6.09. The summed E-state index contributed by atoms with van der Waals surface area (Å²) in [6.45, 7) is 0. The van der Waals surface area contributed by atoms with Gasteiger partial charge >= 0.3 is 5.97 Å². The minimum absolute atomic E-state index is 0. The van der Waals surface area contributed by atoms with Crippen molar-refractivity contribution in [2.45, 2.75) is 75.0 Å². The van der Waals surface area contributed by atoms with Crippen LogP contribution in [0.1, 0.15) is 66.6 Å². The molecule has 6 rings (SSSR count). The summed E-state index contributed by atoms with van der Waals surface area (Å²) < 4.78 is 8.12. The summed E-state index contributed by atoms with van der Waals surface area (Å²) in [6.07, 6.45) is 9.56. The number of nitrogens with one attached hydrogen (secondary N) is 1. The van der Waals surface area contributed by atoms with Gasteiger partial charge in [-0.15, -0.1) is 24.8 Å². The molecule has 3 N–H and O–H groups in total. The molecule has 0 radical (unpaired) electrons. The Hall–Kier alpha value is -2.35. The quantitative estimate of drug-likeness (QED) is 0.510. The first-order valence-corrected chi connectivity index (χ1v) is 11.8. The largest absolute Gasteiger partial charge is 0.457 e. The van der Waals surface area contributed by atoms with Gasteiger partial charge in [-0.25, -0.2) is 9.78 Å². The maximum absolute atomic E-state index is 13.0. The fourth-order valence-electron chi connectivity index (χ4n) is 6.09. The molecule has 2 saturated carbocycles. The van der Waals surface area contributed by atoms with E-state index in [1.54, 1.807) is 6.20 Å². The predicted octanol–water partition coefficient (Wildman–Crippen LogP) is 4.46. The van der Waals surface area contributed by atoms with E-state index in [-0.39, 0.29) is 48.3 Å². The van der Waals surface area contributed by atoms with Crippen LogP contribution < -0.4 is 11.1 Å². The molecule has 0 amide bonds. The van der Waals surface area contributed by atoms with E-state index in [1.165, 1.54) is 0 Å². The van der Waals surface area contributed by atoms with Crippen molar-refractivity contribution in [3.63, 3.8) is 0 Å². The standard InChI is InChI=1S/C25H29N5O2.2ClH/c26-17-8-9-18(14-17)28-23-19-15-20(32-24(31)16-6-2-1-3-7-16)25(11-4-5-12-25)22(19)29-21-10-13-27-30(21)23;;/h1-3,6-7,10,13,17-18,20,28H,4-5,8-9,11-12,14-15,26H2;2*1H/t17-,18-,20?;;/m0../s1. The molecule has 0 bridgehead atoms. The van der Waals surface area contributed by atoms with E-state index in [0.29, 0.717) is 18.0 Å². The highest BCUT2D eigenvalue weighted by atomic mass is 35.5. The lowest BCUT2D eigenvalue weighted by Gasteiger charge is -2.31. The Morgan fingerprint density at radius 1 is 1.12 bits per heavy atom. The number of benzene rings is 1. The van der Waals surface area contributed by atoms with Crippen molar-refractivity contribution in [2.75, 3.05) is 5.32 Å². The molecule has 1 spiro atoms. The van der Waals surface area contributed by atoms with Crippen LogP contribution in [0, 0.1) is 0 Å². The third-order valence-electron chi connectivity index (χ3n) is 7.68. The number of carbonyl (C=O) groups excluding carboxylic acids is 1. The molecule has 2 fully saturated rings. The van der Waals surface area contributed by atoms with Crippen molar-refractivity contribution >= 4 is 42.2 Å². The third kappa shape index (κ3) is 4.04. The molecule has 2 heterocycles. The van der Waals surface area contributed by atoms with Gasteiger partial charge in [-0.1, -0.05) is 31.0 Å². The molecule has 0 aliphatic heterocycles. The molecule has 182 valence electrons. The van der Waals surface area contributed by atoms with Crippen molar-refractivity contribution in [3.8, 4) is 0 Å². The average Bonchev–Trinajstić information content (AvgIpc) is 3.59. The van der Waals surface area contributed by atoms with Gasteiger partial charge in [0, 0.05) is 30.1 Å². The number of esters is 1. The van der Waals surface area contributed by atoms with Gasteiger partial charge in [0.1, 0.15) is 11.9 Å². The van der Waals surface area contributed by atoms with Gasteiger partial charge in [-0.05, 0) is 44.2 Å². The van der Waals surface area contributed by atoms with E-state index >= 15 is 0 Å². The molecule has 2 aromatic heterocycles. The molecule has 3 aliphatic rings. The number of hydrogen-bond acceptors (Lipinski definition) is 6. The SMILES string of the molecule is Cl.Cl.N[C@H]1CC[C@H](Nc2c3c(nc4ccnn24)C2(CCCC2)C(OC(=O)c2ccccc2)C3)C1. The number of halogens is 2. The van der Waals surface area contributed by atoms with Crippen molar-refractivity contribution in [1.29, 1.82) is 0 Å². The molecule has 1 aromatic carbocycles. The van der Waals surface area contributed by atoms with Crippen molar-refractivity contribution in [3.05, 3.63) is 59.4 Å². The van der Waals surface area contributed by atoms with Crippen LogP contribution in [-0.2, 0) is 16.6 Å². The van der Waals surface area contributed by atoms with Crippen LogP contribution >= 0.6 is 24.8 Å². The Bertz CT molecular complexity index is 1160. The van der Waals surface area contributed by atoms with Gasteiger partial charge in [0.05, 0.1) is 22.9 Å². The fraction of sp³-hybridized carbons (Fsp3) is 0.480. The van der Waals surface area contributed by atoms with Gasteiger partial charge in [-0.2, -0.15) is 9.61 Å². The number of aromatic nitrogens is 3. The Morgan fingerprint density at radius 3 is 2.59 bits per heavy atom. The summed E-state index contributed by atoms with van der Waals surface area (Å²) >= 11 is 0. The van der Waals surface area contributed by atoms with Crippen LogP contribution in [0.5, 0.6) is 0 Å². The second kappa shape index (κ2) is 9.72. The first-order valence-electron chi connectivity index (χ1n) is 11.8. The maximum atomic E-state index is 13.0. The third-order valence-corrected chi connectivity index (χ3v) is 7.68. The zero-order valence-corrected chi connectivity index (χ0v) is 20.6. The Kier molecular flexibility index (Phi) is 7.08. The molecule has 0 saturated heterocycles. The topological polar surface area (TPSA) is 94.5 Å². The Morgan fingerprint density at radius 2 is 1.88 bits per heavy atom. The summed E-state index contributed by atoms with van der Waals surface area (Å²) in [5.41, 5.74) is 9.65. The summed E-state index contributed by atoms with van der Waals surface area (Å²) in [7, 11) is 0. The Balaban J connectivity index is 0.00000137. The van der Waals surface area contributed by atoms with E-state index in [2.05, 4.69) is 10.4 Å². The number of fused-ring (bicyclic) bond motifs is 3. The smallest absolute Gasteiger partial charge is 0.338 e. The van der Waals surface area contributed by atoms with Gasteiger partial charge in [-0.3, -0.25) is 0 Å². The maximum Gasteiger partial charge on any atom is 0.338 e. The van der Waals surface area contributed by atoms with Gasteiger partial charge in [0.25, 0.3) is 0 Å². The second-order valence-electron chi connectivity index (χ2n) is 9.63. The van der Waals surface area contributed by atoms with Crippen LogP contribution in [0.2, 0.25) is 0 Å². The lowest BCUT2D eigenvalue weighted by molar-refractivity contribution is 0.0108. The van der Waals surface area contributed by atoms with Gasteiger partial charge < -0.3 is 15.8 Å². The molecular formula is C25H31Cl2N5O2. The van der Waals surface area contributed by atoms with Crippen LogP contribution in [0.4, 0.5) is 5.82 Å². The molecule has 7 nitrogen and oxygen atoms in total. The number of nitrogens with zero attached hydrogens (tertiary/aromatic N) is 3. The second-order valence-corrected chi connectivity index (χ2v) is 9.63. The van der Waals surface area contributed by atoms with Crippen LogP contribution in [0.25, 0.3) is 5.65 Å². The van der Waals surface area contributed by atoms with E-state index in [9.17, 15) is 4.79 Å². The normalized spacial score (nSPS) is 24.4. The van der Waals surface area contributed by atoms with E-state index in [1.807, 2.05) is 40.9 Å². The molecule has 1 unspecified atom stereocenters. The highest BCUT2D eigenvalue weighted by molar-refractivity contribution is 5.89. The van der Waals surface area contributed by atoms with E-state index in [4.69, 9.17) is 15.5 Å². The number of carbonyl (C=O) groups is 1. The molecule has 3 atom stereocenters. The molecular weight excluding hydrogens is 473 g/mol. The van der Waals surface area contributed by atoms with Gasteiger partial charge in [0.2, 0.25) is 0 Å². The molecule has 34 heavy (non-hydrogen) atoms. The van der Waals surface area contributed by atoms with E-state index in [0.717, 1.165) is 67.7 Å². The highest BCUT2D eigenvalue weighted by Crippen LogP contribution is 2.52. The number of rotatable bonds is 4. The Labute approximate surface area is 211 Å². The lowest BCUT2D eigenvalue weighted by Crippen LogP contribution is -2.37. The zero-order valence-electron chi connectivity index (χ0n) is 19.0. The van der Waals surface area contributed by atoms with Crippen molar-refractivity contribution < 1.29 is 9.53 Å². The molecule has 9 heteroatoms. The van der Waals surface area contributed by atoms with E-state index < -0.39 is 0 Å². The predicted molar refractivity (Wildman–Crippen MR) is 136 cm³/mol. The minimum atomic E-state index is -0.254. The van der Waals surface area contributed by atoms with Crippen molar-refractivity contribution in [1.82, 2.24) is 14.6 Å². The summed E-state index contributed by atoms with van der Waals surface area (Å²) in [5.74, 6) is 0.745. The minimum Gasteiger partial charge on any atom is -0.457 e. The number of anilines is 1. The van der Waals surface area contributed by atoms with Crippen LogP contribution in [0.3, 0.4) is 0 Å². The lowest BCUT2D eigenvalue weighted by atomic mass is 9.81. The molecule has 3 aromatic rings. The first kappa shape index (κ1) is 24.8. The number of hydrogen-bond donors (Lipinski definition) is 2. The van der Waals surface area contributed by atoms with Crippen molar-refractivity contribution in [2.24, 2.45) is 5.73 Å². The number of ether oxygens (including phenoxy) is 1. The highest BCUT2D eigenvalue weighted by Gasteiger charge is 2.53. The summed E-state index contributed by atoms with van der Waals surface area (Å²) in [5, 5.41) is 8.31. The van der Waals surface area contributed by atoms with Crippen LogP contribution in [0.15, 0.2) is 42.6 Å². The summed E-state index contributed by atoms with van der Waals surface area (Å²) in [4.78, 5) is 18.1. The van der Waals surface area contributed by atoms with Crippen LogP contribution in [-0.4, -0.2) is 38.8 Å². The summed E-state index contributed by atoms with van der Waals surface area (Å²) in [6, 6.07) is 11.8.